The lowest BCUT2D eigenvalue weighted by molar-refractivity contribution is 0.410. The normalized spacial score (nSPS) is 12.8. The highest BCUT2D eigenvalue weighted by Crippen LogP contribution is 2.31. The van der Waals surface area contributed by atoms with E-state index < -0.39 is 0 Å². The number of methoxy groups -OCH3 is 1. The van der Waals surface area contributed by atoms with Crippen LogP contribution in [0.3, 0.4) is 0 Å². The van der Waals surface area contributed by atoms with E-state index in [1.807, 2.05) is 6.07 Å². The lowest BCUT2D eigenvalue weighted by atomic mass is 9.86. The molecule has 1 aromatic carbocycles. The van der Waals surface area contributed by atoms with Crippen LogP contribution in [0, 0.1) is 19.8 Å². The zero-order valence-electron chi connectivity index (χ0n) is 12.0. The van der Waals surface area contributed by atoms with Gasteiger partial charge in [-0.2, -0.15) is 0 Å². The van der Waals surface area contributed by atoms with Crippen molar-refractivity contribution in [2.75, 3.05) is 20.2 Å². The third-order valence-corrected chi connectivity index (χ3v) is 3.88. The zero-order chi connectivity index (χ0) is 13.7. The van der Waals surface area contributed by atoms with Gasteiger partial charge in [0.15, 0.2) is 0 Å². The Labute approximate surface area is 111 Å². The predicted octanol–water partition coefficient (Wildman–Crippen LogP) is 2.34. The van der Waals surface area contributed by atoms with E-state index in [0.29, 0.717) is 24.9 Å². The summed E-state index contributed by atoms with van der Waals surface area (Å²) in [5.74, 6) is 1.84. The minimum Gasteiger partial charge on any atom is -0.496 e. The summed E-state index contributed by atoms with van der Waals surface area (Å²) in [6, 6.07) is 4.21. The van der Waals surface area contributed by atoms with Crippen LogP contribution in [-0.2, 0) is 0 Å². The molecular weight excluding hydrogens is 224 g/mol. The maximum Gasteiger partial charge on any atom is 0.122 e. The highest BCUT2D eigenvalue weighted by molar-refractivity contribution is 5.44. The first kappa shape index (κ1) is 15.0. The maximum absolute atomic E-state index is 5.72. The van der Waals surface area contributed by atoms with E-state index in [1.54, 1.807) is 7.11 Å². The summed E-state index contributed by atoms with van der Waals surface area (Å²) >= 11 is 0. The van der Waals surface area contributed by atoms with Gasteiger partial charge in [0.2, 0.25) is 0 Å². The second-order valence-electron chi connectivity index (χ2n) is 5.08. The quantitative estimate of drug-likeness (QED) is 0.814. The average Bonchev–Trinajstić information content (AvgIpc) is 2.38. The van der Waals surface area contributed by atoms with Crippen LogP contribution in [0.5, 0.6) is 5.75 Å². The van der Waals surface area contributed by atoms with Crippen molar-refractivity contribution in [2.24, 2.45) is 17.4 Å². The molecule has 0 saturated heterocycles. The molecule has 0 aliphatic heterocycles. The molecule has 0 radical (unpaired) electrons. The molecule has 0 bridgehead atoms. The largest absolute Gasteiger partial charge is 0.496 e. The minimum absolute atomic E-state index is 0.404. The van der Waals surface area contributed by atoms with Crippen LogP contribution in [0.1, 0.15) is 36.0 Å². The fraction of sp³-hybridized carbons (Fsp3) is 0.600. The molecule has 3 nitrogen and oxygen atoms in total. The second kappa shape index (κ2) is 6.76. The zero-order valence-corrected chi connectivity index (χ0v) is 12.0. The Morgan fingerprint density at radius 3 is 2.22 bits per heavy atom. The van der Waals surface area contributed by atoms with Crippen molar-refractivity contribution in [3.63, 3.8) is 0 Å². The Morgan fingerprint density at radius 1 is 1.11 bits per heavy atom. The van der Waals surface area contributed by atoms with E-state index in [4.69, 9.17) is 16.2 Å². The van der Waals surface area contributed by atoms with Crippen molar-refractivity contribution >= 4 is 0 Å². The van der Waals surface area contributed by atoms with Crippen molar-refractivity contribution in [2.45, 2.75) is 33.1 Å². The average molecular weight is 250 g/mol. The number of hydrogen-bond acceptors (Lipinski definition) is 3. The van der Waals surface area contributed by atoms with E-state index in [1.165, 1.54) is 16.7 Å². The molecular formula is C15H26N2O. The van der Waals surface area contributed by atoms with Gasteiger partial charge >= 0.3 is 0 Å². The summed E-state index contributed by atoms with van der Waals surface area (Å²) < 4.78 is 5.34. The molecule has 0 saturated carbocycles. The van der Waals surface area contributed by atoms with Crippen LogP contribution in [0.4, 0.5) is 0 Å². The Balaban J connectivity index is 2.93. The van der Waals surface area contributed by atoms with Gasteiger partial charge in [0.05, 0.1) is 7.11 Å². The van der Waals surface area contributed by atoms with Crippen LogP contribution < -0.4 is 16.2 Å². The first-order valence-electron chi connectivity index (χ1n) is 6.59. The Kier molecular flexibility index (Phi) is 5.63. The van der Waals surface area contributed by atoms with Crippen molar-refractivity contribution in [3.8, 4) is 5.75 Å². The molecule has 4 N–H and O–H groups in total. The van der Waals surface area contributed by atoms with E-state index in [-0.39, 0.29) is 0 Å². The lowest BCUT2D eigenvalue weighted by Gasteiger charge is -2.21. The molecule has 1 rings (SSSR count). The molecule has 0 aliphatic carbocycles. The highest BCUT2D eigenvalue weighted by Gasteiger charge is 2.16. The molecule has 1 aromatic rings. The summed E-state index contributed by atoms with van der Waals surface area (Å²) in [5, 5.41) is 0. The fourth-order valence-electron chi connectivity index (χ4n) is 2.49. The van der Waals surface area contributed by atoms with Gasteiger partial charge in [-0.1, -0.05) is 13.0 Å². The molecule has 0 heterocycles. The van der Waals surface area contributed by atoms with Crippen molar-refractivity contribution < 1.29 is 4.74 Å². The van der Waals surface area contributed by atoms with Crippen molar-refractivity contribution in [3.05, 3.63) is 28.8 Å². The van der Waals surface area contributed by atoms with Crippen LogP contribution in [0.15, 0.2) is 12.1 Å². The van der Waals surface area contributed by atoms with Gasteiger partial charge in [0.1, 0.15) is 5.75 Å². The smallest absolute Gasteiger partial charge is 0.122 e. The van der Waals surface area contributed by atoms with Crippen LogP contribution in [0.2, 0.25) is 0 Å². The molecule has 0 amide bonds. The summed E-state index contributed by atoms with van der Waals surface area (Å²) in [4.78, 5) is 0. The molecule has 1 unspecified atom stereocenters. The van der Waals surface area contributed by atoms with Crippen molar-refractivity contribution in [1.29, 1.82) is 0 Å². The molecule has 0 aliphatic rings. The van der Waals surface area contributed by atoms with E-state index in [9.17, 15) is 0 Å². The maximum atomic E-state index is 5.72. The molecule has 102 valence electrons. The van der Waals surface area contributed by atoms with Gasteiger partial charge < -0.3 is 16.2 Å². The third kappa shape index (κ3) is 3.24. The molecule has 1 atom stereocenters. The van der Waals surface area contributed by atoms with E-state index in [0.717, 1.165) is 12.2 Å². The molecule has 0 aromatic heterocycles. The minimum atomic E-state index is 0.404. The van der Waals surface area contributed by atoms with Crippen LogP contribution in [0.25, 0.3) is 0 Å². The first-order chi connectivity index (χ1) is 8.54. The van der Waals surface area contributed by atoms with Gasteiger partial charge in [0.25, 0.3) is 0 Å². The number of benzene rings is 1. The third-order valence-electron chi connectivity index (χ3n) is 3.88. The second-order valence-corrected chi connectivity index (χ2v) is 5.08. The predicted molar refractivity (Wildman–Crippen MR) is 77.1 cm³/mol. The Hall–Kier alpha value is -1.06. The highest BCUT2D eigenvalue weighted by atomic mass is 16.5. The molecule has 3 heteroatoms. The van der Waals surface area contributed by atoms with Gasteiger partial charge in [-0.15, -0.1) is 0 Å². The topological polar surface area (TPSA) is 61.3 Å². The van der Waals surface area contributed by atoms with Crippen LogP contribution in [-0.4, -0.2) is 20.2 Å². The SMILES string of the molecule is COc1ccc(C(C)CC(CN)CN)c(C)c1C. The van der Waals surface area contributed by atoms with Gasteiger partial charge in [-0.25, -0.2) is 0 Å². The number of nitrogens with two attached hydrogens (primary N) is 2. The number of rotatable bonds is 6. The van der Waals surface area contributed by atoms with Gasteiger partial charge in [-0.05, 0) is 68.0 Å². The van der Waals surface area contributed by atoms with Crippen LogP contribution >= 0.6 is 0 Å². The number of hydrogen-bond donors (Lipinski definition) is 2. The van der Waals surface area contributed by atoms with Gasteiger partial charge in [-0.3, -0.25) is 0 Å². The first-order valence-corrected chi connectivity index (χ1v) is 6.59. The molecule has 0 fully saturated rings. The summed E-state index contributed by atoms with van der Waals surface area (Å²) in [7, 11) is 1.71. The summed E-state index contributed by atoms with van der Waals surface area (Å²) in [5.41, 5.74) is 15.4. The standard InChI is InChI=1S/C15H26N2O/c1-10(7-13(8-16)9-17)14-5-6-15(18-4)12(3)11(14)2/h5-6,10,13H,7-9,16-17H2,1-4H3. The van der Waals surface area contributed by atoms with E-state index >= 15 is 0 Å². The fourth-order valence-corrected chi connectivity index (χ4v) is 2.49. The molecule has 18 heavy (non-hydrogen) atoms. The lowest BCUT2D eigenvalue weighted by Crippen LogP contribution is -2.24. The summed E-state index contributed by atoms with van der Waals surface area (Å²) in [6.45, 7) is 7.83. The Morgan fingerprint density at radius 2 is 1.72 bits per heavy atom. The molecule has 0 spiro atoms. The van der Waals surface area contributed by atoms with E-state index in [2.05, 4.69) is 26.8 Å². The number of ether oxygens (including phenoxy) is 1. The summed E-state index contributed by atoms with van der Waals surface area (Å²) in [6.07, 6.45) is 1.04. The Bertz CT molecular complexity index is 386. The monoisotopic (exact) mass is 250 g/mol. The van der Waals surface area contributed by atoms with Gasteiger partial charge in [0, 0.05) is 0 Å². The van der Waals surface area contributed by atoms with Crippen molar-refractivity contribution in [1.82, 2.24) is 0 Å².